The highest BCUT2D eigenvalue weighted by Crippen LogP contribution is 2.52. The number of rotatable bonds is 4. The minimum absolute atomic E-state index is 0.103. The molecule has 2 saturated carbocycles. The summed E-state index contributed by atoms with van der Waals surface area (Å²) in [7, 11) is 1.30. The number of methoxy groups -OCH3 is 1. The fourth-order valence-electron chi connectivity index (χ4n) is 4.24. The lowest BCUT2D eigenvalue weighted by molar-refractivity contribution is -0.148. The van der Waals surface area contributed by atoms with Crippen LogP contribution in [-0.4, -0.2) is 30.1 Å². The molecule has 6 nitrogen and oxygen atoms in total. The van der Waals surface area contributed by atoms with Gasteiger partial charge < -0.3 is 15.2 Å². The summed E-state index contributed by atoms with van der Waals surface area (Å²) >= 11 is 0. The summed E-state index contributed by atoms with van der Waals surface area (Å²) in [6.07, 6.45) is 2.62. The number of aryl methyl sites for hydroxylation is 1. The molecule has 3 rings (SSSR count). The fourth-order valence-corrected chi connectivity index (χ4v) is 4.24. The Morgan fingerprint density at radius 3 is 2.46 bits per heavy atom. The van der Waals surface area contributed by atoms with Crippen molar-refractivity contribution in [3.05, 3.63) is 29.3 Å². The van der Waals surface area contributed by atoms with Gasteiger partial charge in [0.1, 0.15) is 0 Å². The fraction of sp³-hybridized carbons (Fsp3) is 0.500. The van der Waals surface area contributed by atoms with Crippen LogP contribution in [0.2, 0.25) is 0 Å². The third-order valence-corrected chi connectivity index (χ3v) is 5.42. The number of esters is 1. The highest BCUT2D eigenvalue weighted by Gasteiger charge is 2.54. The molecule has 24 heavy (non-hydrogen) atoms. The van der Waals surface area contributed by atoms with E-state index in [1.165, 1.54) is 7.11 Å². The van der Waals surface area contributed by atoms with Crippen molar-refractivity contribution in [1.82, 2.24) is 0 Å². The molecule has 2 fully saturated rings. The number of ether oxygens (including phenoxy) is 1. The molecule has 128 valence electrons. The molecule has 0 heterocycles. The molecule has 2 bridgehead atoms. The smallest absolute Gasteiger partial charge is 0.337 e. The number of carbonyl (C=O) groups excluding carboxylic acids is 2. The van der Waals surface area contributed by atoms with Crippen LogP contribution in [0.3, 0.4) is 0 Å². The van der Waals surface area contributed by atoms with Crippen LogP contribution in [0.25, 0.3) is 0 Å². The van der Waals surface area contributed by atoms with Crippen LogP contribution in [0, 0.1) is 30.6 Å². The van der Waals surface area contributed by atoms with Gasteiger partial charge in [-0.2, -0.15) is 0 Å². The van der Waals surface area contributed by atoms with Crippen LogP contribution in [0.15, 0.2) is 18.2 Å². The van der Waals surface area contributed by atoms with Crippen molar-refractivity contribution in [1.29, 1.82) is 0 Å². The molecule has 0 unspecified atom stereocenters. The van der Waals surface area contributed by atoms with Crippen molar-refractivity contribution >= 4 is 23.5 Å². The van der Waals surface area contributed by atoms with E-state index in [1.807, 2.05) is 6.92 Å². The van der Waals surface area contributed by atoms with Gasteiger partial charge in [-0.15, -0.1) is 0 Å². The normalized spacial score (nSPS) is 27.8. The van der Waals surface area contributed by atoms with E-state index >= 15 is 0 Å². The van der Waals surface area contributed by atoms with Crippen LogP contribution in [0.1, 0.15) is 35.2 Å². The SMILES string of the molecule is COC(=O)c1ccc(C)c(NC(=O)[C@H]2[C@@H]3CC[C@@H](C3)[C@@H]2C(=O)O)c1. The van der Waals surface area contributed by atoms with Crippen LogP contribution in [0.5, 0.6) is 0 Å². The molecule has 0 radical (unpaired) electrons. The van der Waals surface area contributed by atoms with Crippen molar-refractivity contribution in [2.45, 2.75) is 26.2 Å². The summed E-state index contributed by atoms with van der Waals surface area (Å²) in [5.41, 5.74) is 1.68. The van der Waals surface area contributed by atoms with Crippen LogP contribution < -0.4 is 5.32 Å². The second-order valence-corrected chi connectivity index (χ2v) is 6.73. The van der Waals surface area contributed by atoms with Crippen molar-refractivity contribution in [3.63, 3.8) is 0 Å². The third-order valence-electron chi connectivity index (χ3n) is 5.42. The molecule has 6 heteroatoms. The molecule has 4 atom stereocenters. The molecule has 0 spiro atoms. The van der Waals surface area contributed by atoms with E-state index in [9.17, 15) is 19.5 Å². The third kappa shape index (κ3) is 2.77. The van der Waals surface area contributed by atoms with Gasteiger partial charge in [-0.05, 0) is 55.7 Å². The number of anilines is 1. The first-order chi connectivity index (χ1) is 11.4. The molecule has 2 N–H and O–H groups in total. The van der Waals surface area contributed by atoms with Crippen LogP contribution >= 0.6 is 0 Å². The van der Waals surface area contributed by atoms with Gasteiger partial charge in [-0.3, -0.25) is 9.59 Å². The summed E-state index contributed by atoms with van der Waals surface area (Å²) < 4.78 is 4.70. The van der Waals surface area contributed by atoms with Gasteiger partial charge in [0.25, 0.3) is 0 Å². The number of amides is 1. The molecule has 1 amide bonds. The van der Waals surface area contributed by atoms with Gasteiger partial charge in [-0.1, -0.05) is 6.07 Å². The minimum atomic E-state index is -0.887. The van der Waals surface area contributed by atoms with Crippen molar-refractivity contribution in [2.24, 2.45) is 23.7 Å². The standard InChI is InChI=1S/C18H21NO5/c1-9-3-4-12(18(23)24-2)8-13(9)19-16(20)14-10-5-6-11(7-10)15(14)17(21)22/h3-4,8,10-11,14-15H,5-7H2,1-2H3,(H,19,20)(H,21,22)/t10-,11+,14+,15+/m1/s1. The van der Waals surface area contributed by atoms with E-state index in [4.69, 9.17) is 4.74 Å². The highest BCUT2D eigenvalue weighted by molar-refractivity contribution is 5.98. The lowest BCUT2D eigenvalue weighted by Gasteiger charge is -2.27. The van der Waals surface area contributed by atoms with Gasteiger partial charge in [0.15, 0.2) is 0 Å². The molecular weight excluding hydrogens is 310 g/mol. The largest absolute Gasteiger partial charge is 0.481 e. The van der Waals surface area contributed by atoms with E-state index < -0.39 is 23.8 Å². The highest BCUT2D eigenvalue weighted by atomic mass is 16.5. The van der Waals surface area contributed by atoms with Crippen molar-refractivity contribution in [3.8, 4) is 0 Å². The second-order valence-electron chi connectivity index (χ2n) is 6.73. The Morgan fingerprint density at radius 1 is 1.17 bits per heavy atom. The van der Waals surface area contributed by atoms with Crippen molar-refractivity contribution in [2.75, 3.05) is 12.4 Å². The predicted molar refractivity (Wildman–Crippen MR) is 86.6 cm³/mol. The number of hydrogen-bond acceptors (Lipinski definition) is 4. The molecule has 0 saturated heterocycles. The average Bonchev–Trinajstić information content (AvgIpc) is 3.17. The molecule has 0 aliphatic heterocycles. The number of carbonyl (C=O) groups is 3. The Bertz CT molecular complexity index is 699. The monoisotopic (exact) mass is 331 g/mol. The zero-order valence-corrected chi connectivity index (χ0v) is 13.7. The predicted octanol–water partition coefficient (Wildman–Crippen LogP) is 2.47. The van der Waals surface area contributed by atoms with Gasteiger partial charge in [0, 0.05) is 5.69 Å². The van der Waals surface area contributed by atoms with Gasteiger partial charge in [0.05, 0.1) is 24.5 Å². The molecule has 0 aromatic heterocycles. The average molecular weight is 331 g/mol. The lowest BCUT2D eigenvalue weighted by Crippen LogP contribution is -2.38. The maximum Gasteiger partial charge on any atom is 0.337 e. The summed E-state index contributed by atoms with van der Waals surface area (Å²) in [4.78, 5) is 36.0. The summed E-state index contributed by atoms with van der Waals surface area (Å²) in [6, 6.07) is 4.94. The Labute approximate surface area is 140 Å². The molecular formula is C18H21NO5. The Balaban J connectivity index is 1.82. The summed E-state index contributed by atoms with van der Waals surface area (Å²) in [6.45, 7) is 1.83. The number of benzene rings is 1. The first-order valence-electron chi connectivity index (χ1n) is 8.15. The number of aliphatic carboxylic acids is 1. The Morgan fingerprint density at radius 2 is 1.83 bits per heavy atom. The number of nitrogens with one attached hydrogen (secondary N) is 1. The number of carboxylic acids is 1. The van der Waals surface area contributed by atoms with Gasteiger partial charge in [-0.25, -0.2) is 4.79 Å². The Hall–Kier alpha value is -2.37. The number of carboxylic acid groups (broad SMARTS) is 1. The zero-order chi connectivity index (χ0) is 17.4. The number of hydrogen-bond donors (Lipinski definition) is 2. The van der Waals surface area contributed by atoms with E-state index in [2.05, 4.69) is 5.32 Å². The van der Waals surface area contributed by atoms with E-state index in [1.54, 1.807) is 18.2 Å². The van der Waals surface area contributed by atoms with E-state index in [-0.39, 0.29) is 17.7 Å². The number of fused-ring (bicyclic) bond motifs is 2. The maximum atomic E-state index is 12.7. The summed E-state index contributed by atoms with van der Waals surface area (Å²) in [5, 5.41) is 12.3. The van der Waals surface area contributed by atoms with Crippen molar-refractivity contribution < 1.29 is 24.2 Å². The Kier molecular flexibility index (Phi) is 4.30. The van der Waals surface area contributed by atoms with E-state index in [0.29, 0.717) is 11.3 Å². The molecule has 1 aromatic rings. The first-order valence-corrected chi connectivity index (χ1v) is 8.15. The topological polar surface area (TPSA) is 92.7 Å². The molecule has 1 aromatic carbocycles. The van der Waals surface area contributed by atoms with Crippen LogP contribution in [-0.2, 0) is 14.3 Å². The quantitative estimate of drug-likeness (QED) is 0.827. The molecule has 2 aliphatic carbocycles. The lowest BCUT2D eigenvalue weighted by atomic mass is 9.78. The van der Waals surface area contributed by atoms with Gasteiger partial charge >= 0.3 is 11.9 Å². The minimum Gasteiger partial charge on any atom is -0.481 e. The second kappa shape index (κ2) is 6.26. The summed E-state index contributed by atoms with van der Waals surface area (Å²) in [5.74, 6) is -2.49. The van der Waals surface area contributed by atoms with Crippen LogP contribution in [0.4, 0.5) is 5.69 Å². The zero-order valence-electron chi connectivity index (χ0n) is 13.7. The molecule has 2 aliphatic rings. The van der Waals surface area contributed by atoms with Gasteiger partial charge in [0.2, 0.25) is 5.91 Å². The maximum absolute atomic E-state index is 12.7. The first kappa shape index (κ1) is 16.5. The van der Waals surface area contributed by atoms with E-state index in [0.717, 1.165) is 24.8 Å².